The van der Waals surface area contributed by atoms with E-state index in [4.69, 9.17) is 5.73 Å². The number of nitrogens with zero attached hydrogens (tertiary/aromatic N) is 2. The van der Waals surface area contributed by atoms with Gasteiger partial charge in [-0.05, 0) is 13.8 Å². The zero-order valence-electron chi connectivity index (χ0n) is 8.90. The van der Waals surface area contributed by atoms with Crippen LogP contribution in [-0.4, -0.2) is 18.2 Å². The van der Waals surface area contributed by atoms with Gasteiger partial charge in [0.1, 0.15) is 0 Å². The average molecular weight is 229 g/mol. The SMILES string of the molecule is CC(C)n1nc2c(c1CN)CS(=O)(=O)C2. The molecule has 1 aliphatic heterocycles. The third-order valence-corrected chi connectivity index (χ3v) is 4.05. The van der Waals surface area contributed by atoms with Crippen LogP contribution in [0, 0.1) is 0 Å². The summed E-state index contributed by atoms with van der Waals surface area (Å²) in [4.78, 5) is 0. The predicted octanol–water partition coefficient (Wildman–Crippen LogP) is 0.351. The fourth-order valence-electron chi connectivity index (χ4n) is 1.96. The Morgan fingerprint density at radius 1 is 1.47 bits per heavy atom. The van der Waals surface area contributed by atoms with E-state index in [1.165, 1.54) is 0 Å². The van der Waals surface area contributed by atoms with Crippen molar-refractivity contribution in [2.75, 3.05) is 0 Å². The normalized spacial score (nSPS) is 18.4. The molecule has 1 aromatic rings. The lowest BCUT2D eigenvalue weighted by Crippen LogP contribution is -2.14. The molecule has 5 nitrogen and oxygen atoms in total. The molecule has 0 unspecified atom stereocenters. The van der Waals surface area contributed by atoms with Gasteiger partial charge < -0.3 is 5.73 Å². The van der Waals surface area contributed by atoms with E-state index >= 15 is 0 Å². The summed E-state index contributed by atoms with van der Waals surface area (Å²) in [5.74, 6) is 0.163. The summed E-state index contributed by atoms with van der Waals surface area (Å²) in [5.41, 5.74) is 8.01. The molecule has 2 N–H and O–H groups in total. The van der Waals surface area contributed by atoms with Crippen LogP contribution in [0.15, 0.2) is 0 Å². The molecule has 0 spiro atoms. The first-order valence-electron chi connectivity index (χ1n) is 4.94. The van der Waals surface area contributed by atoms with Crippen molar-refractivity contribution in [3.63, 3.8) is 0 Å². The molecular formula is C9H15N3O2S. The highest BCUT2D eigenvalue weighted by atomic mass is 32.2. The number of aromatic nitrogens is 2. The first kappa shape index (κ1) is 10.6. The molecule has 0 atom stereocenters. The smallest absolute Gasteiger partial charge is 0.160 e. The van der Waals surface area contributed by atoms with Gasteiger partial charge in [-0.2, -0.15) is 5.10 Å². The summed E-state index contributed by atoms with van der Waals surface area (Å²) >= 11 is 0. The molecule has 0 saturated carbocycles. The van der Waals surface area contributed by atoms with Crippen molar-refractivity contribution >= 4 is 9.84 Å². The zero-order valence-corrected chi connectivity index (χ0v) is 9.71. The van der Waals surface area contributed by atoms with E-state index in [0.29, 0.717) is 12.2 Å². The van der Waals surface area contributed by atoms with E-state index < -0.39 is 9.84 Å². The zero-order chi connectivity index (χ0) is 11.2. The molecule has 84 valence electrons. The molecule has 1 aromatic heterocycles. The molecule has 2 heterocycles. The molecule has 2 rings (SSSR count). The molecule has 0 fully saturated rings. The summed E-state index contributed by atoms with van der Waals surface area (Å²) in [6.45, 7) is 4.36. The third kappa shape index (κ3) is 1.68. The van der Waals surface area contributed by atoms with Crippen molar-refractivity contribution in [1.29, 1.82) is 0 Å². The minimum Gasteiger partial charge on any atom is -0.325 e. The second-order valence-electron chi connectivity index (χ2n) is 4.15. The van der Waals surface area contributed by atoms with E-state index in [-0.39, 0.29) is 17.5 Å². The fourth-order valence-corrected chi connectivity index (χ4v) is 3.48. The number of fused-ring (bicyclic) bond motifs is 1. The highest BCUT2D eigenvalue weighted by molar-refractivity contribution is 7.90. The van der Waals surface area contributed by atoms with E-state index in [1.54, 1.807) is 0 Å². The van der Waals surface area contributed by atoms with Crippen molar-refractivity contribution in [2.24, 2.45) is 5.73 Å². The van der Waals surface area contributed by atoms with E-state index in [2.05, 4.69) is 5.10 Å². The highest BCUT2D eigenvalue weighted by Crippen LogP contribution is 2.28. The van der Waals surface area contributed by atoms with Gasteiger partial charge in [0.05, 0.1) is 22.9 Å². The summed E-state index contributed by atoms with van der Waals surface area (Å²) in [6.07, 6.45) is 0. The monoisotopic (exact) mass is 229 g/mol. The second kappa shape index (κ2) is 3.31. The van der Waals surface area contributed by atoms with Crippen LogP contribution in [-0.2, 0) is 27.9 Å². The molecule has 1 aliphatic rings. The van der Waals surface area contributed by atoms with Crippen molar-refractivity contribution in [3.8, 4) is 0 Å². The van der Waals surface area contributed by atoms with Crippen LogP contribution < -0.4 is 5.73 Å². The summed E-state index contributed by atoms with van der Waals surface area (Å²) in [5, 5.41) is 4.31. The molecule has 0 aromatic carbocycles. The van der Waals surface area contributed by atoms with Crippen LogP contribution in [0.25, 0.3) is 0 Å². The predicted molar refractivity (Wildman–Crippen MR) is 56.8 cm³/mol. The standard InChI is InChI=1S/C9H15N3O2S/c1-6(2)12-9(3-10)7-4-15(13,14)5-8(7)11-12/h6H,3-5,10H2,1-2H3. The van der Waals surface area contributed by atoms with Gasteiger partial charge in [-0.1, -0.05) is 0 Å². The highest BCUT2D eigenvalue weighted by Gasteiger charge is 2.31. The summed E-state index contributed by atoms with van der Waals surface area (Å²) < 4.78 is 24.6. The molecule has 6 heteroatoms. The summed E-state index contributed by atoms with van der Waals surface area (Å²) in [7, 11) is -2.97. The Hall–Kier alpha value is -0.880. The molecule has 0 saturated heterocycles. The summed E-state index contributed by atoms with van der Waals surface area (Å²) in [6, 6.07) is 0.219. The largest absolute Gasteiger partial charge is 0.325 e. The average Bonchev–Trinajstić information content (AvgIpc) is 2.55. The van der Waals surface area contributed by atoms with Gasteiger partial charge in [0.15, 0.2) is 9.84 Å². The van der Waals surface area contributed by atoms with Crippen molar-refractivity contribution in [2.45, 2.75) is 37.9 Å². The lowest BCUT2D eigenvalue weighted by atomic mass is 10.2. The molecular weight excluding hydrogens is 214 g/mol. The van der Waals surface area contributed by atoms with Crippen LogP contribution in [0.2, 0.25) is 0 Å². The molecule has 0 amide bonds. The molecule has 0 aliphatic carbocycles. The van der Waals surface area contributed by atoms with Crippen molar-refractivity contribution < 1.29 is 8.42 Å². The Bertz CT molecular complexity index is 488. The van der Waals surface area contributed by atoms with E-state index in [0.717, 1.165) is 11.3 Å². The molecule has 0 radical (unpaired) electrons. The second-order valence-corrected chi connectivity index (χ2v) is 6.21. The minimum absolute atomic E-state index is 0.0645. The maximum absolute atomic E-state index is 11.4. The maximum Gasteiger partial charge on any atom is 0.160 e. The van der Waals surface area contributed by atoms with Gasteiger partial charge in [0, 0.05) is 18.2 Å². The number of rotatable bonds is 2. The number of hydrogen-bond acceptors (Lipinski definition) is 4. The van der Waals surface area contributed by atoms with E-state index in [1.807, 2.05) is 18.5 Å². The Balaban J connectivity index is 2.53. The van der Waals surface area contributed by atoms with Gasteiger partial charge in [-0.15, -0.1) is 0 Å². The molecule has 0 bridgehead atoms. The third-order valence-electron chi connectivity index (χ3n) is 2.61. The Morgan fingerprint density at radius 3 is 2.67 bits per heavy atom. The Kier molecular flexibility index (Phi) is 2.35. The first-order chi connectivity index (χ1) is 6.94. The quantitative estimate of drug-likeness (QED) is 0.793. The molecule has 15 heavy (non-hydrogen) atoms. The van der Waals surface area contributed by atoms with Crippen LogP contribution in [0.1, 0.15) is 36.8 Å². The van der Waals surface area contributed by atoms with Crippen molar-refractivity contribution in [1.82, 2.24) is 9.78 Å². The maximum atomic E-state index is 11.4. The topological polar surface area (TPSA) is 78.0 Å². The van der Waals surface area contributed by atoms with Crippen LogP contribution >= 0.6 is 0 Å². The fraction of sp³-hybridized carbons (Fsp3) is 0.667. The van der Waals surface area contributed by atoms with Crippen LogP contribution in [0.3, 0.4) is 0 Å². The van der Waals surface area contributed by atoms with Gasteiger partial charge >= 0.3 is 0 Å². The number of sulfone groups is 1. The van der Waals surface area contributed by atoms with Crippen LogP contribution in [0.4, 0.5) is 0 Å². The van der Waals surface area contributed by atoms with Gasteiger partial charge in [-0.25, -0.2) is 8.42 Å². The first-order valence-corrected chi connectivity index (χ1v) is 6.76. The van der Waals surface area contributed by atoms with Gasteiger partial charge in [0.2, 0.25) is 0 Å². The van der Waals surface area contributed by atoms with Gasteiger partial charge in [0.25, 0.3) is 0 Å². The Labute approximate surface area is 89.2 Å². The van der Waals surface area contributed by atoms with Crippen molar-refractivity contribution in [3.05, 3.63) is 17.0 Å². The lowest BCUT2D eigenvalue weighted by molar-refractivity contribution is 0.504. The number of nitrogens with two attached hydrogens (primary N) is 1. The lowest BCUT2D eigenvalue weighted by Gasteiger charge is -2.10. The van der Waals surface area contributed by atoms with E-state index in [9.17, 15) is 8.42 Å². The number of hydrogen-bond donors (Lipinski definition) is 1. The minimum atomic E-state index is -2.97. The van der Waals surface area contributed by atoms with Gasteiger partial charge in [-0.3, -0.25) is 4.68 Å². The Morgan fingerprint density at radius 2 is 2.13 bits per heavy atom. The van der Waals surface area contributed by atoms with Crippen LogP contribution in [0.5, 0.6) is 0 Å².